The summed E-state index contributed by atoms with van der Waals surface area (Å²) in [5, 5.41) is 17.9. The number of methoxy groups -OCH3 is 3. The van der Waals surface area contributed by atoms with Gasteiger partial charge in [-0.25, -0.2) is 0 Å². The summed E-state index contributed by atoms with van der Waals surface area (Å²) in [4.78, 5) is 0. The SMILES string of the molecule is COc1cccc(C(CCCCCOB(O)O)(c2cccc(OC)c2)c2cccc(OC)c2)c1. The molecule has 0 unspecified atom stereocenters. The van der Waals surface area contributed by atoms with E-state index in [1.54, 1.807) is 21.3 Å². The van der Waals surface area contributed by atoms with Crippen LogP contribution in [0.15, 0.2) is 72.8 Å². The summed E-state index contributed by atoms with van der Waals surface area (Å²) in [5.74, 6) is 2.37. The highest BCUT2D eigenvalue weighted by Crippen LogP contribution is 2.46. The van der Waals surface area contributed by atoms with E-state index < -0.39 is 12.7 Å². The Morgan fingerprint density at radius 2 is 1.09 bits per heavy atom. The van der Waals surface area contributed by atoms with Gasteiger partial charge in [-0.15, -0.1) is 0 Å². The third kappa shape index (κ3) is 6.11. The second kappa shape index (κ2) is 12.5. The molecule has 180 valence electrons. The number of benzene rings is 3. The molecule has 0 aliphatic carbocycles. The molecule has 0 heterocycles. The standard InChI is InChI=1S/C27H33BO6/c1-31-24-13-7-10-21(18-24)27(16-5-4-6-17-34-28(29)30,22-11-8-14-25(19-22)32-2)23-12-9-15-26(20-23)33-3/h7-15,18-20,29-30H,4-6,16-17H2,1-3H3. The number of ether oxygens (including phenoxy) is 3. The van der Waals surface area contributed by atoms with E-state index >= 15 is 0 Å². The largest absolute Gasteiger partial charge is 0.633 e. The first-order valence-corrected chi connectivity index (χ1v) is 11.4. The van der Waals surface area contributed by atoms with Crippen molar-refractivity contribution in [3.05, 3.63) is 89.5 Å². The highest BCUT2D eigenvalue weighted by atomic mass is 16.6. The average Bonchev–Trinajstić information content (AvgIpc) is 2.88. The molecule has 34 heavy (non-hydrogen) atoms. The maximum absolute atomic E-state index is 8.93. The van der Waals surface area contributed by atoms with Crippen LogP contribution in [0, 0.1) is 0 Å². The van der Waals surface area contributed by atoms with Crippen molar-refractivity contribution in [1.82, 2.24) is 0 Å². The zero-order chi connectivity index (χ0) is 24.4. The van der Waals surface area contributed by atoms with Crippen LogP contribution in [0.5, 0.6) is 17.2 Å². The molecule has 0 atom stereocenters. The molecule has 0 spiro atoms. The van der Waals surface area contributed by atoms with Crippen molar-refractivity contribution in [2.24, 2.45) is 0 Å². The maximum atomic E-state index is 8.93. The minimum atomic E-state index is -1.73. The first-order valence-electron chi connectivity index (χ1n) is 11.4. The van der Waals surface area contributed by atoms with Gasteiger partial charge >= 0.3 is 7.32 Å². The van der Waals surface area contributed by atoms with Crippen LogP contribution < -0.4 is 14.2 Å². The second-order valence-corrected chi connectivity index (χ2v) is 8.11. The van der Waals surface area contributed by atoms with Crippen molar-refractivity contribution in [1.29, 1.82) is 0 Å². The molecular formula is C27H33BO6. The Morgan fingerprint density at radius 3 is 1.47 bits per heavy atom. The van der Waals surface area contributed by atoms with Gasteiger partial charge in [0.05, 0.1) is 21.3 Å². The summed E-state index contributed by atoms with van der Waals surface area (Å²) in [6.45, 7) is 0.294. The van der Waals surface area contributed by atoms with Crippen molar-refractivity contribution < 1.29 is 28.9 Å². The van der Waals surface area contributed by atoms with Gasteiger partial charge in [-0.05, 0) is 65.9 Å². The lowest BCUT2D eigenvalue weighted by atomic mass is 9.66. The highest BCUT2D eigenvalue weighted by molar-refractivity contribution is 6.32. The lowest BCUT2D eigenvalue weighted by Crippen LogP contribution is -2.30. The van der Waals surface area contributed by atoms with Crippen molar-refractivity contribution in [2.45, 2.75) is 31.1 Å². The summed E-state index contributed by atoms with van der Waals surface area (Å²) < 4.78 is 21.6. The highest BCUT2D eigenvalue weighted by Gasteiger charge is 2.37. The van der Waals surface area contributed by atoms with Gasteiger partial charge in [-0.2, -0.15) is 0 Å². The first-order chi connectivity index (χ1) is 16.5. The van der Waals surface area contributed by atoms with E-state index in [-0.39, 0.29) is 0 Å². The molecule has 0 radical (unpaired) electrons. The molecule has 0 bridgehead atoms. The number of hydrogen-bond donors (Lipinski definition) is 2. The number of unbranched alkanes of at least 4 members (excludes halogenated alkanes) is 2. The van der Waals surface area contributed by atoms with E-state index in [0.29, 0.717) is 6.61 Å². The van der Waals surface area contributed by atoms with Crippen LogP contribution in [0.25, 0.3) is 0 Å². The molecule has 0 saturated heterocycles. The normalized spacial score (nSPS) is 11.2. The maximum Gasteiger partial charge on any atom is 0.633 e. The average molecular weight is 464 g/mol. The molecule has 0 fully saturated rings. The van der Waals surface area contributed by atoms with E-state index in [1.165, 1.54) is 0 Å². The molecule has 6 nitrogen and oxygen atoms in total. The Morgan fingerprint density at radius 1 is 0.647 bits per heavy atom. The minimum Gasteiger partial charge on any atom is -0.497 e. The molecule has 0 amide bonds. The fourth-order valence-electron chi connectivity index (χ4n) is 4.46. The lowest BCUT2D eigenvalue weighted by Gasteiger charge is -2.37. The van der Waals surface area contributed by atoms with Crippen molar-refractivity contribution >= 4 is 7.32 Å². The lowest BCUT2D eigenvalue weighted by molar-refractivity contribution is 0.181. The Labute approximate surface area is 202 Å². The predicted octanol–water partition coefficient (Wildman–Crippen LogP) is 4.59. The number of rotatable bonds is 13. The van der Waals surface area contributed by atoms with E-state index in [1.807, 2.05) is 36.4 Å². The van der Waals surface area contributed by atoms with Gasteiger partial charge in [-0.3, -0.25) is 0 Å². The molecule has 3 aromatic carbocycles. The zero-order valence-electron chi connectivity index (χ0n) is 20.1. The van der Waals surface area contributed by atoms with Crippen LogP contribution in [0.3, 0.4) is 0 Å². The van der Waals surface area contributed by atoms with Crippen LogP contribution >= 0.6 is 0 Å². The van der Waals surface area contributed by atoms with Gasteiger partial charge in [0, 0.05) is 12.0 Å². The molecule has 0 aromatic heterocycles. The summed E-state index contributed by atoms with van der Waals surface area (Å²) in [6, 6.07) is 24.5. The summed E-state index contributed by atoms with van der Waals surface area (Å²) >= 11 is 0. The van der Waals surface area contributed by atoms with E-state index in [0.717, 1.165) is 59.6 Å². The summed E-state index contributed by atoms with van der Waals surface area (Å²) in [5.41, 5.74) is 2.83. The van der Waals surface area contributed by atoms with Gasteiger partial charge in [0.2, 0.25) is 0 Å². The quantitative estimate of drug-likeness (QED) is 0.219. The fraction of sp³-hybridized carbons (Fsp3) is 0.333. The zero-order valence-corrected chi connectivity index (χ0v) is 20.1. The molecule has 3 aromatic rings. The first kappa shape index (κ1) is 25.6. The van der Waals surface area contributed by atoms with Crippen LogP contribution in [-0.4, -0.2) is 45.3 Å². The van der Waals surface area contributed by atoms with Crippen LogP contribution in [0.2, 0.25) is 0 Å². The molecule has 2 N–H and O–H groups in total. The third-order valence-corrected chi connectivity index (χ3v) is 6.15. The molecule has 0 saturated carbocycles. The van der Waals surface area contributed by atoms with Crippen molar-refractivity contribution in [2.75, 3.05) is 27.9 Å². The van der Waals surface area contributed by atoms with Gasteiger partial charge in [0.25, 0.3) is 0 Å². The Balaban J connectivity index is 2.12. The van der Waals surface area contributed by atoms with E-state index in [2.05, 4.69) is 36.4 Å². The van der Waals surface area contributed by atoms with Gasteiger partial charge < -0.3 is 28.9 Å². The van der Waals surface area contributed by atoms with Crippen LogP contribution in [0.4, 0.5) is 0 Å². The van der Waals surface area contributed by atoms with Crippen LogP contribution in [-0.2, 0) is 10.1 Å². The minimum absolute atomic E-state index is 0.294. The molecule has 7 heteroatoms. The fourth-order valence-corrected chi connectivity index (χ4v) is 4.46. The van der Waals surface area contributed by atoms with E-state index in [4.69, 9.17) is 28.9 Å². The van der Waals surface area contributed by atoms with Gasteiger partial charge in [-0.1, -0.05) is 49.2 Å². The Hall–Kier alpha value is -3.00. The smallest absolute Gasteiger partial charge is 0.497 e. The summed E-state index contributed by atoms with van der Waals surface area (Å²) in [6.07, 6.45) is 3.28. The monoisotopic (exact) mass is 464 g/mol. The van der Waals surface area contributed by atoms with Crippen molar-refractivity contribution in [3.8, 4) is 17.2 Å². The van der Waals surface area contributed by atoms with Crippen molar-refractivity contribution in [3.63, 3.8) is 0 Å². The molecule has 3 rings (SSSR count). The predicted molar refractivity (Wildman–Crippen MR) is 133 cm³/mol. The topological polar surface area (TPSA) is 77.4 Å². The van der Waals surface area contributed by atoms with E-state index in [9.17, 15) is 0 Å². The molecule has 0 aliphatic rings. The third-order valence-electron chi connectivity index (χ3n) is 6.15. The summed E-state index contributed by atoms with van der Waals surface area (Å²) in [7, 11) is 3.29. The molecular weight excluding hydrogens is 431 g/mol. The van der Waals surface area contributed by atoms with Gasteiger partial charge in [0.1, 0.15) is 17.2 Å². The van der Waals surface area contributed by atoms with Crippen LogP contribution in [0.1, 0.15) is 42.4 Å². The second-order valence-electron chi connectivity index (χ2n) is 8.11. The Kier molecular flexibility index (Phi) is 9.39. The molecule has 0 aliphatic heterocycles. The Bertz CT molecular complexity index is 923. The number of hydrogen-bond acceptors (Lipinski definition) is 6. The van der Waals surface area contributed by atoms with Gasteiger partial charge in [0.15, 0.2) is 0 Å².